The molecule has 0 amide bonds. The summed E-state index contributed by atoms with van der Waals surface area (Å²) in [6, 6.07) is 14.9. The first kappa shape index (κ1) is 12.9. The second kappa shape index (κ2) is 4.76. The number of hydrogen-bond donors (Lipinski definition) is 1. The maximum atomic E-state index is 11.9. The van der Waals surface area contributed by atoms with Gasteiger partial charge in [0.25, 0.3) is 10.0 Å². The van der Waals surface area contributed by atoms with Crippen LogP contribution in [0.3, 0.4) is 0 Å². The first-order chi connectivity index (χ1) is 9.56. The lowest BCUT2D eigenvalue weighted by Gasteiger charge is -2.01. The van der Waals surface area contributed by atoms with Gasteiger partial charge in [-0.3, -0.25) is 9.71 Å². The molecular weight excluding hydrogens is 272 g/mol. The third kappa shape index (κ3) is 2.32. The van der Waals surface area contributed by atoms with Crippen molar-refractivity contribution in [3.63, 3.8) is 0 Å². The van der Waals surface area contributed by atoms with Crippen molar-refractivity contribution >= 4 is 15.9 Å². The van der Waals surface area contributed by atoms with Gasteiger partial charge in [-0.2, -0.15) is 0 Å². The highest BCUT2D eigenvalue weighted by atomic mass is 32.2. The van der Waals surface area contributed by atoms with E-state index in [4.69, 9.17) is 0 Å². The molecule has 0 spiro atoms. The average molecular weight is 286 g/mol. The quantitative estimate of drug-likeness (QED) is 0.920. The molecule has 20 heavy (non-hydrogen) atoms. The standard InChI is InChI=1S/C15H14N2O2S/c1-11-5-4-6-12(9-11)10-16-15-13-7-2-3-8-14(13)20(18,19)17-15/h2-9H,10H2,1H3,(H,16,17). The number of nitrogens with zero attached hydrogens (tertiary/aromatic N) is 1. The van der Waals surface area contributed by atoms with E-state index in [-0.39, 0.29) is 0 Å². The van der Waals surface area contributed by atoms with Crippen LogP contribution in [0.5, 0.6) is 0 Å². The summed E-state index contributed by atoms with van der Waals surface area (Å²) in [4.78, 5) is 4.69. The summed E-state index contributed by atoms with van der Waals surface area (Å²) in [5, 5.41) is 0. The molecule has 0 saturated carbocycles. The van der Waals surface area contributed by atoms with Crippen LogP contribution in [-0.2, 0) is 16.6 Å². The first-order valence-electron chi connectivity index (χ1n) is 6.28. The van der Waals surface area contributed by atoms with Crippen LogP contribution in [0, 0.1) is 6.92 Å². The van der Waals surface area contributed by atoms with E-state index in [1.807, 2.05) is 37.3 Å². The summed E-state index contributed by atoms with van der Waals surface area (Å²) < 4.78 is 26.4. The molecule has 1 N–H and O–H groups in total. The Morgan fingerprint density at radius 1 is 1.10 bits per heavy atom. The lowest BCUT2D eigenvalue weighted by Crippen LogP contribution is -2.22. The Morgan fingerprint density at radius 2 is 1.90 bits per heavy atom. The largest absolute Gasteiger partial charge is 0.263 e. The first-order valence-corrected chi connectivity index (χ1v) is 7.77. The van der Waals surface area contributed by atoms with Gasteiger partial charge in [-0.1, -0.05) is 42.0 Å². The zero-order valence-electron chi connectivity index (χ0n) is 11.0. The van der Waals surface area contributed by atoms with Gasteiger partial charge in [-0.25, -0.2) is 8.42 Å². The number of nitrogens with one attached hydrogen (secondary N) is 1. The molecule has 0 fully saturated rings. The summed E-state index contributed by atoms with van der Waals surface area (Å²) in [6.07, 6.45) is 0. The predicted octanol–water partition coefficient (Wildman–Crippen LogP) is 2.23. The van der Waals surface area contributed by atoms with Crippen LogP contribution in [0.1, 0.15) is 16.7 Å². The SMILES string of the molecule is Cc1cccc(CN=C2NS(=O)(=O)c3ccccc32)c1. The summed E-state index contributed by atoms with van der Waals surface area (Å²) in [5.74, 6) is 0.419. The molecular formula is C15H14N2O2S. The zero-order chi connectivity index (χ0) is 14.2. The van der Waals surface area contributed by atoms with E-state index in [0.29, 0.717) is 22.8 Å². The second-order valence-corrected chi connectivity index (χ2v) is 6.41. The van der Waals surface area contributed by atoms with Crippen LogP contribution >= 0.6 is 0 Å². The topological polar surface area (TPSA) is 58.5 Å². The number of sulfonamides is 1. The number of benzene rings is 2. The molecule has 1 aliphatic rings. The van der Waals surface area contributed by atoms with Gasteiger partial charge in [0.15, 0.2) is 0 Å². The molecule has 1 heterocycles. The molecule has 102 valence electrons. The van der Waals surface area contributed by atoms with E-state index in [1.165, 1.54) is 0 Å². The molecule has 2 aromatic rings. The van der Waals surface area contributed by atoms with E-state index in [2.05, 4.69) is 9.71 Å². The predicted molar refractivity (Wildman–Crippen MR) is 78.2 cm³/mol. The normalized spacial score (nSPS) is 17.8. The Kier molecular flexibility index (Phi) is 3.06. The van der Waals surface area contributed by atoms with Crippen LogP contribution in [0.2, 0.25) is 0 Å². The number of aliphatic imine (C=N–C) groups is 1. The van der Waals surface area contributed by atoms with Gasteiger partial charge < -0.3 is 0 Å². The fourth-order valence-electron chi connectivity index (χ4n) is 2.23. The lowest BCUT2D eigenvalue weighted by molar-refractivity contribution is 0.595. The lowest BCUT2D eigenvalue weighted by atomic mass is 10.1. The van der Waals surface area contributed by atoms with Gasteiger partial charge in [-0.15, -0.1) is 0 Å². The molecule has 0 aliphatic carbocycles. The Labute approximate surface area is 118 Å². The Balaban J connectivity index is 1.95. The highest BCUT2D eigenvalue weighted by molar-refractivity contribution is 7.90. The summed E-state index contributed by atoms with van der Waals surface area (Å²) in [5.41, 5.74) is 2.86. The van der Waals surface area contributed by atoms with Crippen molar-refractivity contribution in [3.05, 3.63) is 65.2 Å². The van der Waals surface area contributed by atoms with E-state index in [0.717, 1.165) is 11.1 Å². The van der Waals surface area contributed by atoms with Crippen LogP contribution < -0.4 is 4.72 Å². The van der Waals surface area contributed by atoms with Gasteiger partial charge in [0.1, 0.15) is 5.84 Å². The van der Waals surface area contributed by atoms with E-state index >= 15 is 0 Å². The van der Waals surface area contributed by atoms with E-state index < -0.39 is 10.0 Å². The smallest absolute Gasteiger partial charge is 0.263 e. The number of aryl methyl sites for hydroxylation is 1. The summed E-state index contributed by atoms with van der Waals surface area (Å²) in [6.45, 7) is 2.47. The molecule has 2 aromatic carbocycles. The fraction of sp³-hybridized carbons (Fsp3) is 0.133. The monoisotopic (exact) mass is 286 g/mol. The van der Waals surface area contributed by atoms with Crippen molar-refractivity contribution in [3.8, 4) is 0 Å². The molecule has 4 nitrogen and oxygen atoms in total. The van der Waals surface area contributed by atoms with Gasteiger partial charge in [-0.05, 0) is 24.6 Å². The van der Waals surface area contributed by atoms with Crippen LogP contribution in [0.4, 0.5) is 0 Å². The molecule has 0 radical (unpaired) electrons. The Morgan fingerprint density at radius 3 is 2.70 bits per heavy atom. The van der Waals surface area contributed by atoms with E-state index in [9.17, 15) is 8.42 Å². The molecule has 0 unspecified atom stereocenters. The van der Waals surface area contributed by atoms with Crippen molar-refractivity contribution < 1.29 is 8.42 Å². The molecule has 0 aromatic heterocycles. The van der Waals surface area contributed by atoms with Gasteiger partial charge >= 0.3 is 0 Å². The third-order valence-corrected chi connectivity index (χ3v) is 4.56. The van der Waals surface area contributed by atoms with Crippen molar-refractivity contribution in [1.29, 1.82) is 0 Å². The molecule has 0 saturated heterocycles. The van der Waals surface area contributed by atoms with Gasteiger partial charge in [0.2, 0.25) is 0 Å². The molecule has 5 heteroatoms. The van der Waals surface area contributed by atoms with Gasteiger partial charge in [0, 0.05) is 5.56 Å². The maximum Gasteiger partial charge on any atom is 0.263 e. The minimum Gasteiger partial charge on any atom is -0.263 e. The van der Waals surface area contributed by atoms with Crippen molar-refractivity contribution in [2.24, 2.45) is 4.99 Å². The van der Waals surface area contributed by atoms with Crippen molar-refractivity contribution in [2.75, 3.05) is 0 Å². The number of hydrogen-bond acceptors (Lipinski definition) is 3. The average Bonchev–Trinajstić information content (AvgIpc) is 2.69. The Bertz CT molecular complexity index is 795. The highest BCUT2D eigenvalue weighted by Gasteiger charge is 2.29. The highest BCUT2D eigenvalue weighted by Crippen LogP contribution is 2.22. The van der Waals surface area contributed by atoms with E-state index in [1.54, 1.807) is 18.2 Å². The number of fused-ring (bicyclic) bond motifs is 1. The zero-order valence-corrected chi connectivity index (χ0v) is 11.8. The minimum absolute atomic E-state index is 0.294. The second-order valence-electron chi connectivity index (χ2n) is 4.76. The van der Waals surface area contributed by atoms with Crippen LogP contribution in [0.25, 0.3) is 0 Å². The number of rotatable bonds is 2. The van der Waals surface area contributed by atoms with Crippen molar-refractivity contribution in [1.82, 2.24) is 4.72 Å². The number of amidine groups is 1. The molecule has 3 rings (SSSR count). The minimum atomic E-state index is -3.45. The van der Waals surface area contributed by atoms with Gasteiger partial charge in [0.05, 0.1) is 11.4 Å². The Hall–Kier alpha value is -2.14. The summed E-state index contributed by atoms with van der Waals surface area (Å²) in [7, 11) is -3.45. The van der Waals surface area contributed by atoms with Crippen LogP contribution in [-0.4, -0.2) is 14.3 Å². The molecule has 0 atom stereocenters. The van der Waals surface area contributed by atoms with Crippen molar-refractivity contribution in [2.45, 2.75) is 18.4 Å². The molecule has 0 bridgehead atoms. The fourth-order valence-corrected chi connectivity index (χ4v) is 3.48. The third-order valence-electron chi connectivity index (χ3n) is 3.16. The maximum absolute atomic E-state index is 11.9. The van der Waals surface area contributed by atoms with Crippen LogP contribution in [0.15, 0.2) is 58.4 Å². The molecule has 1 aliphatic heterocycles. The summed E-state index contributed by atoms with van der Waals surface area (Å²) >= 11 is 0.